The number of unbranched alkanes of at least 4 members (excludes halogenated alkanes) is 37. The first-order valence-electron chi connectivity index (χ1n) is 33.1. The third-order valence-electron chi connectivity index (χ3n) is 14.7. The number of hydrogen-bond acceptors (Lipinski definition) is 3. The minimum atomic E-state index is -0.872. The highest BCUT2D eigenvalue weighted by Crippen LogP contribution is 2.17. The lowest BCUT2D eigenvalue weighted by Gasteiger charge is -2.19. The second kappa shape index (κ2) is 66.3. The summed E-state index contributed by atoms with van der Waals surface area (Å²) >= 11 is 0. The van der Waals surface area contributed by atoms with Crippen LogP contribution in [-0.2, 0) is 4.79 Å². The van der Waals surface area contributed by atoms with Crippen molar-refractivity contribution in [1.29, 1.82) is 0 Å². The molecule has 0 saturated heterocycles. The van der Waals surface area contributed by atoms with Crippen LogP contribution in [0.3, 0.4) is 0 Å². The molecule has 2 unspecified atom stereocenters. The van der Waals surface area contributed by atoms with Crippen LogP contribution >= 0.6 is 0 Å². The summed E-state index contributed by atoms with van der Waals surface area (Å²) in [5, 5.41) is 23.2. The molecule has 0 radical (unpaired) electrons. The molecule has 0 aliphatic rings. The smallest absolute Gasteiger partial charge is 0.220 e. The Kier molecular flexibility index (Phi) is 63.8. The molecule has 4 heteroatoms. The number of nitrogens with one attached hydrogen (secondary N) is 1. The largest absolute Gasteiger partial charge is 0.394 e. The Morgan fingerprint density at radius 3 is 0.921 bits per heavy atom. The minimum Gasteiger partial charge on any atom is -0.394 e. The number of carbonyl (C=O) groups is 1. The van der Waals surface area contributed by atoms with Crippen LogP contribution in [0, 0.1) is 0 Å². The SMILES string of the molecule is CC/C=C\C/C=C\C/C=C\C/C=C\C/C=C\C/C=C\C/C=C\CCCCCCCCCCCCCC(=O)NC(CO)C(O)/C=C/CC/C=C/CCCCCCCCCCCCCCCCCCCCCCCCCCC. The Morgan fingerprint density at radius 2 is 0.592 bits per heavy atom. The quantitative estimate of drug-likeness (QED) is 0.0420. The van der Waals surface area contributed by atoms with E-state index in [1.54, 1.807) is 6.08 Å². The van der Waals surface area contributed by atoms with Gasteiger partial charge in [0.05, 0.1) is 18.8 Å². The van der Waals surface area contributed by atoms with E-state index in [1.165, 1.54) is 225 Å². The van der Waals surface area contributed by atoms with Gasteiger partial charge < -0.3 is 15.5 Å². The van der Waals surface area contributed by atoms with E-state index in [0.717, 1.165) is 77.0 Å². The molecule has 0 bridgehead atoms. The van der Waals surface area contributed by atoms with Gasteiger partial charge in [0.15, 0.2) is 0 Å². The van der Waals surface area contributed by atoms with Crippen LogP contribution in [-0.4, -0.2) is 34.9 Å². The molecule has 0 aliphatic heterocycles. The molecule has 0 aromatic carbocycles. The van der Waals surface area contributed by atoms with Crippen molar-refractivity contribution in [3.05, 3.63) is 109 Å². The van der Waals surface area contributed by atoms with E-state index >= 15 is 0 Å². The van der Waals surface area contributed by atoms with Gasteiger partial charge in [0.1, 0.15) is 0 Å². The number of amides is 1. The zero-order valence-electron chi connectivity index (χ0n) is 50.5. The summed E-state index contributed by atoms with van der Waals surface area (Å²) in [5.41, 5.74) is 0. The van der Waals surface area contributed by atoms with Gasteiger partial charge in [0.2, 0.25) is 5.91 Å². The van der Waals surface area contributed by atoms with Gasteiger partial charge in [-0.15, -0.1) is 0 Å². The molecule has 2 atom stereocenters. The molecule has 3 N–H and O–H groups in total. The molecule has 0 heterocycles. The zero-order chi connectivity index (χ0) is 54.8. The lowest BCUT2D eigenvalue weighted by Crippen LogP contribution is -2.45. The second-order valence-electron chi connectivity index (χ2n) is 22.1. The molecule has 76 heavy (non-hydrogen) atoms. The van der Waals surface area contributed by atoms with Gasteiger partial charge in [-0.3, -0.25) is 4.79 Å². The van der Waals surface area contributed by atoms with E-state index in [4.69, 9.17) is 0 Å². The van der Waals surface area contributed by atoms with Crippen molar-refractivity contribution in [2.45, 2.75) is 334 Å². The molecule has 4 nitrogen and oxygen atoms in total. The van der Waals surface area contributed by atoms with Crippen molar-refractivity contribution in [3.8, 4) is 0 Å². The first kappa shape index (κ1) is 73.0. The van der Waals surface area contributed by atoms with Gasteiger partial charge in [-0.1, -0.05) is 335 Å². The van der Waals surface area contributed by atoms with E-state index in [0.29, 0.717) is 6.42 Å². The predicted molar refractivity (Wildman–Crippen MR) is 340 cm³/mol. The Hall–Kier alpha value is -2.95. The van der Waals surface area contributed by atoms with Crippen LogP contribution < -0.4 is 5.32 Å². The molecular formula is C72H127NO3. The van der Waals surface area contributed by atoms with Crippen molar-refractivity contribution in [1.82, 2.24) is 5.32 Å². The monoisotopic (exact) mass is 1050 g/mol. The van der Waals surface area contributed by atoms with Gasteiger partial charge in [-0.2, -0.15) is 0 Å². The first-order chi connectivity index (χ1) is 37.7. The average molecular weight is 1050 g/mol. The van der Waals surface area contributed by atoms with E-state index < -0.39 is 12.1 Å². The predicted octanol–water partition coefficient (Wildman–Crippen LogP) is 22.6. The van der Waals surface area contributed by atoms with Crippen molar-refractivity contribution in [2.24, 2.45) is 0 Å². The summed E-state index contributed by atoms with van der Waals surface area (Å²) in [6, 6.07) is -0.650. The molecule has 0 rings (SSSR count). The van der Waals surface area contributed by atoms with Gasteiger partial charge >= 0.3 is 0 Å². The molecule has 438 valence electrons. The van der Waals surface area contributed by atoms with E-state index in [-0.39, 0.29) is 12.5 Å². The van der Waals surface area contributed by atoms with E-state index in [9.17, 15) is 15.0 Å². The van der Waals surface area contributed by atoms with Crippen LogP contribution in [0.2, 0.25) is 0 Å². The van der Waals surface area contributed by atoms with Crippen molar-refractivity contribution in [2.75, 3.05) is 6.61 Å². The van der Waals surface area contributed by atoms with Gasteiger partial charge in [-0.25, -0.2) is 0 Å². The van der Waals surface area contributed by atoms with Crippen molar-refractivity contribution < 1.29 is 15.0 Å². The number of allylic oxidation sites excluding steroid dienone is 17. The third-order valence-corrected chi connectivity index (χ3v) is 14.7. The summed E-state index contributed by atoms with van der Waals surface area (Å²) < 4.78 is 0. The minimum absolute atomic E-state index is 0.0781. The molecule has 1 amide bonds. The van der Waals surface area contributed by atoms with Crippen LogP contribution in [0.25, 0.3) is 0 Å². The standard InChI is InChI=1S/C72H127NO3/c1-3-5-7-9-11-13-15-17-19-21-23-25-27-29-31-33-35-36-38-40-42-44-46-48-50-52-54-56-58-60-62-64-66-68-72(76)73-70(69-74)71(75)67-65-63-61-59-57-55-53-51-49-47-45-43-41-39-37-34-32-30-28-26-24-22-20-18-16-14-12-10-8-6-4-2/h5,7,11,13,17,19,23,25,29,31,35-36,40,42,57,59,65,67,70-71,74-75H,3-4,6,8-10,12,14-16,18,20-22,24,26-28,30,32-34,37-39,41,43-56,58,60-64,66,68-69H2,1-2H3,(H,73,76)/b7-5-,13-11-,19-17-,25-23-,31-29-,36-35-,42-40-,59-57+,67-65+. The molecule has 0 spiro atoms. The lowest BCUT2D eigenvalue weighted by molar-refractivity contribution is -0.123. The number of rotatable bonds is 60. The van der Waals surface area contributed by atoms with Gasteiger partial charge in [0.25, 0.3) is 0 Å². The Morgan fingerprint density at radius 1 is 0.329 bits per heavy atom. The van der Waals surface area contributed by atoms with Crippen LogP contribution in [0.5, 0.6) is 0 Å². The normalized spacial score (nSPS) is 13.5. The fourth-order valence-corrected chi connectivity index (χ4v) is 9.77. The van der Waals surface area contributed by atoms with Crippen molar-refractivity contribution in [3.63, 3.8) is 0 Å². The van der Waals surface area contributed by atoms with E-state index in [2.05, 4.69) is 116 Å². The summed E-state index contributed by atoms with van der Waals surface area (Å²) in [6.07, 6.45) is 100. The number of aliphatic hydroxyl groups is 2. The lowest BCUT2D eigenvalue weighted by atomic mass is 10.0. The Bertz CT molecular complexity index is 1430. The van der Waals surface area contributed by atoms with Crippen molar-refractivity contribution >= 4 is 5.91 Å². The van der Waals surface area contributed by atoms with Crippen LogP contribution in [0.4, 0.5) is 0 Å². The van der Waals surface area contributed by atoms with Gasteiger partial charge in [-0.05, 0) is 89.9 Å². The molecule has 0 fully saturated rings. The maximum Gasteiger partial charge on any atom is 0.220 e. The fourth-order valence-electron chi connectivity index (χ4n) is 9.77. The Balaban J connectivity index is 3.55. The topological polar surface area (TPSA) is 69.6 Å². The number of aliphatic hydroxyl groups excluding tert-OH is 2. The highest BCUT2D eigenvalue weighted by Gasteiger charge is 2.18. The molecule has 0 aromatic heterocycles. The highest BCUT2D eigenvalue weighted by atomic mass is 16.3. The zero-order valence-corrected chi connectivity index (χ0v) is 50.5. The van der Waals surface area contributed by atoms with Crippen LogP contribution in [0.1, 0.15) is 322 Å². The summed E-state index contributed by atoms with van der Waals surface area (Å²) in [5.74, 6) is -0.0781. The van der Waals surface area contributed by atoms with E-state index in [1.807, 2.05) is 6.08 Å². The highest BCUT2D eigenvalue weighted by molar-refractivity contribution is 5.76. The van der Waals surface area contributed by atoms with Crippen LogP contribution in [0.15, 0.2) is 109 Å². The molecule has 0 aromatic rings. The third kappa shape index (κ3) is 61.9. The molecule has 0 saturated carbocycles. The average Bonchev–Trinajstić information content (AvgIpc) is 3.42. The fraction of sp³-hybridized carbons (Fsp3) is 0.736. The summed E-state index contributed by atoms with van der Waals surface area (Å²) in [7, 11) is 0. The maximum absolute atomic E-state index is 12.5. The molecular weight excluding hydrogens is 927 g/mol. The first-order valence-corrected chi connectivity index (χ1v) is 33.1. The summed E-state index contributed by atoms with van der Waals surface area (Å²) in [4.78, 5) is 12.5. The maximum atomic E-state index is 12.5. The number of carbonyl (C=O) groups excluding carboxylic acids is 1. The van der Waals surface area contributed by atoms with Gasteiger partial charge in [0, 0.05) is 6.42 Å². The second-order valence-corrected chi connectivity index (χ2v) is 22.1. The molecule has 0 aliphatic carbocycles. The Labute approximate surface area is 474 Å². The number of hydrogen-bond donors (Lipinski definition) is 3. The summed E-state index contributed by atoms with van der Waals surface area (Å²) in [6.45, 7) is 4.20.